The molecule has 2 saturated heterocycles. The van der Waals surface area contributed by atoms with Gasteiger partial charge < -0.3 is 36.0 Å². The molecule has 8 heterocycles. The largest absolute Gasteiger partial charge is 0.497 e. The first kappa shape index (κ1) is 39.7. The topological polar surface area (TPSA) is 218 Å². The molecule has 2 aliphatic rings. The number of pyridine rings is 4. The summed E-state index contributed by atoms with van der Waals surface area (Å²) in [7, 11) is 1.60. The van der Waals surface area contributed by atoms with E-state index < -0.39 is 6.09 Å². The van der Waals surface area contributed by atoms with E-state index in [1.165, 1.54) is 4.90 Å². The predicted octanol–water partition coefficient (Wildman–Crippen LogP) is 5.95. The summed E-state index contributed by atoms with van der Waals surface area (Å²) >= 11 is 5.98. The Hall–Kier alpha value is -7.11. The molecule has 9 rings (SSSR count). The Morgan fingerprint density at radius 2 is 1.52 bits per heavy atom. The number of ether oxygens (including phenoxy) is 1. The monoisotopic (exact) mass is 825 g/mol. The van der Waals surface area contributed by atoms with Gasteiger partial charge in [-0.1, -0.05) is 23.7 Å². The maximum absolute atomic E-state index is 12.6. The van der Waals surface area contributed by atoms with Gasteiger partial charge in [-0.05, 0) is 73.5 Å². The summed E-state index contributed by atoms with van der Waals surface area (Å²) in [6.45, 7) is 2.80. The quantitative estimate of drug-likeness (QED) is 0.101. The van der Waals surface area contributed by atoms with E-state index in [4.69, 9.17) is 31.4 Å². The van der Waals surface area contributed by atoms with Crippen LogP contribution in [0.1, 0.15) is 18.4 Å². The molecule has 2 aliphatic heterocycles. The van der Waals surface area contributed by atoms with Gasteiger partial charge in [0.05, 0.1) is 37.0 Å². The zero-order chi connectivity index (χ0) is 41.4. The highest BCUT2D eigenvalue weighted by Gasteiger charge is 2.27. The molecule has 0 radical (unpaired) electrons. The molecule has 7 aromatic rings. The zero-order valence-electron chi connectivity index (χ0n) is 32.4. The summed E-state index contributed by atoms with van der Waals surface area (Å²) in [6, 6.07) is 18.6. The van der Waals surface area contributed by atoms with Crippen LogP contribution in [-0.4, -0.2) is 107 Å². The third-order valence-corrected chi connectivity index (χ3v) is 10.2. The maximum Gasteiger partial charge on any atom is 0.407 e. The maximum atomic E-state index is 12.6. The minimum Gasteiger partial charge on any atom is -0.497 e. The number of nitrogens with one attached hydrogen (secondary N) is 4. The van der Waals surface area contributed by atoms with E-state index in [9.17, 15) is 9.59 Å². The van der Waals surface area contributed by atoms with Crippen LogP contribution in [0.4, 0.5) is 22.2 Å². The summed E-state index contributed by atoms with van der Waals surface area (Å²) in [5.74, 6) is 3.46. The number of fused-ring (bicyclic) bond motifs is 2. The van der Waals surface area contributed by atoms with Crippen LogP contribution in [0.25, 0.3) is 44.6 Å². The number of anilines is 3. The van der Waals surface area contributed by atoms with Crippen molar-refractivity contribution < 1.29 is 19.4 Å². The number of carboxylic acid groups (broad SMARTS) is 1. The minimum atomic E-state index is -0.904. The molecule has 6 aromatic heterocycles. The van der Waals surface area contributed by atoms with Crippen LogP contribution < -0.4 is 26.0 Å². The fraction of sp³-hybridized carbons (Fsp3) is 0.238. The van der Waals surface area contributed by atoms with E-state index in [1.807, 2.05) is 42.5 Å². The van der Waals surface area contributed by atoms with Crippen LogP contribution in [0.3, 0.4) is 0 Å². The number of halogens is 1. The Labute approximate surface area is 349 Å². The van der Waals surface area contributed by atoms with Gasteiger partial charge in [0.2, 0.25) is 5.91 Å². The molecule has 304 valence electrons. The van der Waals surface area contributed by atoms with Crippen molar-refractivity contribution in [2.24, 2.45) is 0 Å². The Bertz CT molecular complexity index is 2660. The lowest BCUT2D eigenvalue weighted by molar-refractivity contribution is -0.115. The standard InChI is InChI=1S/C25H25N7O2.C17H15ClN6O2/c1-34-19-4-2-3-16(11-19)12-23(33)31-22-13-17(5-10-28-22)24-30-21-15-27-9-7-20(21)25(32-24)29-18-6-8-26-14-18;18-14-7-10(1-5-20-14)15-22-13-8-19-4-2-12(13)16(23-15)21-11-3-6-24(9-11)17(25)26/h2-5,7,9-11,13,15,18,26H,6,8,12,14H2,1H3,(H,28,31,33)(H,29,30,32);1-2,4-5,7-8,11H,3,6,9H2,(H,25,26)(H,21,22,23)/t18-;11-/m11/s1. The lowest BCUT2D eigenvalue weighted by Crippen LogP contribution is -2.30. The molecular weight excluding hydrogens is 786 g/mol. The zero-order valence-corrected chi connectivity index (χ0v) is 33.2. The lowest BCUT2D eigenvalue weighted by Gasteiger charge is -2.16. The van der Waals surface area contributed by atoms with Crippen molar-refractivity contribution in [2.45, 2.75) is 31.3 Å². The van der Waals surface area contributed by atoms with Crippen molar-refractivity contribution in [1.82, 2.24) is 50.1 Å². The summed E-state index contributed by atoms with van der Waals surface area (Å²) < 4.78 is 5.23. The van der Waals surface area contributed by atoms with Crippen molar-refractivity contribution >= 4 is 62.9 Å². The third-order valence-electron chi connectivity index (χ3n) is 9.97. The summed E-state index contributed by atoms with van der Waals surface area (Å²) in [5, 5.41) is 24.4. The van der Waals surface area contributed by atoms with Crippen LogP contribution in [0.2, 0.25) is 5.15 Å². The molecule has 18 heteroatoms. The molecule has 1 aromatic carbocycles. The van der Waals surface area contributed by atoms with Crippen LogP contribution in [0, 0.1) is 0 Å². The van der Waals surface area contributed by atoms with E-state index in [0.717, 1.165) is 64.7 Å². The van der Waals surface area contributed by atoms with E-state index in [0.29, 0.717) is 58.8 Å². The second-order valence-corrected chi connectivity index (χ2v) is 14.5. The number of amides is 2. The number of methoxy groups -OCH3 is 1. The highest BCUT2D eigenvalue weighted by Crippen LogP contribution is 2.28. The first-order valence-corrected chi connectivity index (χ1v) is 19.6. The van der Waals surface area contributed by atoms with Crippen LogP contribution in [-0.2, 0) is 11.2 Å². The van der Waals surface area contributed by atoms with E-state index in [2.05, 4.69) is 51.2 Å². The van der Waals surface area contributed by atoms with Crippen molar-refractivity contribution in [3.63, 3.8) is 0 Å². The van der Waals surface area contributed by atoms with Crippen molar-refractivity contribution in [2.75, 3.05) is 49.2 Å². The average molecular weight is 826 g/mol. The number of hydrogen-bond acceptors (Lipinski definition) is 14. The van der Waals surface area contributed by atoms with Crippen molar-refractivity contribution in [1.29, 1.82) is 0 Å². The summed E-state index contributed by atoms with van der Waals surface area (Å²) in [6.07, 6.45) is 11.1. The van der Waals surface area contributed by atoms with Crippen LogP contribution >= 0.6 is 11.6 Å². The molecule has 2 atom stereocenters. The fourth-order valence-electron chi connectivity index (χ4n) is 6.99. The average Bonchev–Trinajstić information content (AvgIpc) is 3.97. The molecule has 17 nitrogen and oxygen atoms in total. The van der Waals surface area contributed by atoms with Gasteiger partial charge in [-0.3, -0.25) is 14.8 Å². The molecule has 0 aliphatic carbocycles. The molecular formula is C42H40ClN13O4. The minimum absolute atomic E-state index is 0.00811. The highest BCUT2D eigenvalue weighted by atomic mass is 35.5. The number of aromatic nitrogens is 8. The van der Waals surface area contributed by atoms with E-state index in [-0.39, 0.29) is 18.4 Å². The predicted molar refractivity (Wildman–Crippen MR) is 228 cm³/mol. The van der Waals surface area contributed by atoms with Gasteiger partial charge in [-0.25, -0.2) is 34.7 Å². The molecule has 0 spiro atoms. The summed E-state index contributed by atoms with van der Waals surface area (Å²) in [4.78, 5) is 60.5. The Kier molecular flexibility index (Phi) is 12.1. The number of hydrogen-bond donors (Lipinski definition) is 5. The van der Waals surface area contributed by atoms with Gasteiger partial charge in [-0.15, -0.1) is 0 Å². The van der Waals surface area contributed by atoms with Crippen LogP contribution in [0.15, 0.2) is 97.8 Å². The van der Waals surface area contributed by atoms with Gasteiger partial charge in [-0.2, -0.15) is 0 Å². The first-order chi connectivity index (χ1) is 29.3. The third kappa shape index (κ3) is 9.60. The Morgan fingerprint density at radius 3 is 2.15 bits per heavy atom. The first-order valence-electron chi connectivity index (χ1n) is 19.2. The van der Waals surface area contributed by atoms with Gasteiger partial charge in [0.25, 0.3) is 0 Å². The number of rotatable bonds is 10. The van der Waals surface area contributed by atoms with E-state index >= 15 is 0 Å². The Morgan fingerprint density at radius 1 is 0.833 bits per heavy atom. The second-order valence-electron chi connectivity index (χ2n) is 14.1. The molecule has 2 fully saturated rings. The fourth-order valence-corrected chi connectivity index (χ4v) is 7.16. The number of likely N-dealkylation sites (tertiary alicyclic amines) is 1. The Balaban J connectivity index is 0.000000172. The van der Waals surface area contributed by atoms with Gasteiger partial charge >= 0.3 is 6.09 Å². The van der Waals surface area contributed by atoms with Gasteiger partial charge in [0.1, 0.15) is 28.4 Å². The van der Waals surface area contributed by atoms with Gasteiger partial charge in [0, 0.05) is 78.4 Å². The SMILES string of the molecule is COc1cccc(CC(=O)Nc2cc(-c3nc(N[C@@H]4CCNC4)c4ccncc4n3)ccn2)c1.O=C(O)N1CC[C@@H](Nc2nc(-c3ccnc(Cl)c3)nc3cnccc23)C1. The molecule has 0 unspecified atom stereocenters. The second kappa shape index (κ2) is 18.2. The van der Waals surface area contributed by atoms with Crippen LogP contribution in [0.5, 0.6) is 5.75 Å². The molecule has 0 bridgehead atoms. The lowest BCUT2D eigenvalue weighted by atomic mass is 10.1. The number of carbonyl (C=O) groups excluding carboxylic acids is 1. The highest BCUT2D eigenvalue weighted by molar-refractivity contribution is 6.29. The molecule has 60 heavy (non-hydrogen) atoms. The normalized spacial score (nSPS) is 15.9. The molecule has 5 N–H and O–H groups in total. The molecule has 0 saturated carbocycles. The van der Waals surface area contributed by atoms with Crippen molar-refractivity contribution in [3.8, 4) is 28.5 Å². The summed E-state index contributed by atoms with van der Waals surface area (Å²) in [5.41, 5.74) is 3.81. The van der Waals surface area contributed by atoms with Gasteiger partial charge in [0.15, 0.2) is 11.6 Å². The number of carbonyl (C=O) groups is 2. The number of nitrogens with zero attached hydrogens (tertiary/aromatic N) is 9. The number of benzene rings is 1. The smallest absolute Gasteiger partial charge is 0.407 e. The van der Waals surface area contributed by atoms with E-state index in [1.54, 1.807) is 62.5 Å². The molecule has 2 amide bonds. The van der Waals surface area contributed by atoms with Crippen molar-refractivity contribution in [3.05, 3.63) is 109 Å².